The highest BCUT2D eigenvalue weighted by Crippen LogP contribution is 2.39. The third-order valence-corrected chi connectivity index (χ3v) is 8.30. The Morgan fingerprint density at radius 3 is 2.63 bits per heavy atom. The van der Waals surface area contributed by atoms with E-state index in [1.807, 2.05) is 42.6 Å². The summed E-state index contributed by atoms with van der Waals surface area (Å²) in [6, 6.07) is 16.9. The molecule has 1 aliphatic rings. The maximum Gasteiger partial charge on any atom is 0.342 e. The number of pyridine rings is 2. The molecule has 224 valence electrons. The number of carbonyl (C=O) groups excluding carboxylic acids is 2. The molecule has 3 heterocycles. The normalized spacial score (nSPS) is 14.2. The van der Waals surface area contributed by atoms with Crippen LogP contribution < -0.4 is 5.32 Å². The number of hydrogen-bond donors (Lipinski definition) is 1. The number of alkyl halides is 1. The lowest BCUT2D eigenvalue weighted by atomic mass is 9.92. The maximum atomic E-state index is 13.4. The van der Waals surface area contributed by atoms with Gasteiger partial charge in [0.1, 0.15) is 23.7 Å². The summed E-state index contributed by atoms with van der Waals surface area (Å²) in [5.74, 6) is 0.359. The lowest BCUT2D eigenvalue weighted by Crippen LogP contribution is -2.18. The minimum absolute atomic E-state index is 0.136. The Morgan fingerprint density at radius 2 is 1.88 bits per heavy atom. The van der Waals surface area contributed by atoms with E-state index in [-0.39, 0.29) is 17.9 Å². The molecule has 8 nitrogen and oxygen atoms in total. The van der Waals surface area contributed by atoms with E-state index >= 15 is 0 Å². The summed E-state index contributed by atoms with van der Waals surface area (Å²) in [4.78, 5) is 40.4. The van der Waals surface area contributed by atoms with E-state index in [4.69, 9.17) is 9.72 Å². The van der Waals surface area contributed by atoms with Crippen molar-refractivity contribution >= 4 is 40.3 Å². The summed E-state index contributed by atoms with van der Waals surface area (Å²) in [6.07, 6.45) is 12.8. The van der Waals surface area contributed by atoms with Crippen molar-refractivity contribution in [2.24, 2.45) is 0 Å². The fourth-order valence-corrected chi connectivity index (χ4v) is 5.41. The zero-order valence-electron chi connectivity index (χ0n) is 24.7. The van der Waals surface area contributed by atoms with Crippen molar-refractivity contribution in [1.82, 2.24) is 19.5 Å². The number of ether oxygens (including phenoxy) is 1. The van der Waals surface area contributed by atoms with E-state index in [1.54, 1.807) is 23.0 Å². The number of nitrogens with zero attached hydrogens (tertiary/aromatic N) is 4. The topological polar surface area (TPSA) is 99.0 Å². The second kappa shape index (κ2) is 14.7. The van der Waals surface area contributed by atoms with E-state index in [1.165, 1.54) is 6.20 Å². The lowest BCUT2D eigenvalue weighted by molar-refractivity contribution is 0.0472. The molecule has 1 unspecified atom stereocenters. The van der Waals surface area contributed by atoms with Crippen molar-refractivity contribution in [1.29, 1.82) is 0 Å². The number of benzene rings is 1. The molecule has 0 spiro atoms. The third-order valence-electron chi connectivity index (χ3n) is 7.67. The Balaban J connectivity index is 1.37. The highest BCUT2D eigenvalue weighted by Gasteiger charge is 2.27. The van der Waals surface area contributed by atoms with Gasteiger partial charge in [0.25, 0.3) is 5.91 Å². The van der Waals surface area contributed by atoms with Crippen LogP contribution in [0.1, 0.15) is 108 Å². The average Bonchev–Trinajstić information content (AvgIpc) is 3.76. The molecule has 1 aromatic carbocycles. The molecule has 1 saturated carbocycles. The molecule has 5 rings (SSSR count). The molecule has 1 N–H and O–H groups in total. The molecular weight excluding hydrogens is 653 g/mol. The van der Waals surface area contributed by atoms with Crippen LogP contribution in [0.25, 0.3) is 5.69 Å². The van der Waals surface area contributed by atoms with Gasteiger partial charge >= 0.3 is 5.97 Å². The first kappa shape index (κ1) is 30.8. The highest BCUT2D eigenvalue weighted by molar-refractivity contribution is 14.1. The van der Waals surface area contributed by atoms with Crippen LogP contribution in [0.15, 0.2) is 73.3 Å². The van der Waals surface area contributed by atoms with Crippen LogP contribution in [0.5, 0.6) is 0 Å². The number of nitrogens with one attached hydrogen (secondary N) is 1. The fourth-order valence-electron chi connectivity index (χ4n) is 5.05. The summed E-state index contributed by atoms with van der Waals surface area (Å²) >= 11 is 2.47. The predicted molar refractivity (Wildman–Crippen MR) is 176 cm³/mol. The van der Waals surface area contributed by atoms with Crippen LogP contribution in [0.2, 0.25) is 0 Å². The zero-order valence-corrected chi connectivity index (χ0v) is 26.9. The SMILES string of the molecule is CCCC[C@@H](CCC(C)I)c1cccc(NC(=O)c2cc(-n3cnc(C4CC4)c3)c(C(=O)OCc3ccccc3)cn2)n1. The van der Waals surface area contributed by atoms with E-state index in [9.17, 15) is 9.59 Å². The monoisotopic (exact) mass is 691 g/mol. The molecule has 0 radical (unpaired) electrons. The van der Waals surface area contributed by atoms with Gasteiger partial charge in [-0.2, -0.15) is 0 Å². The van der Waals surface area contributed by atoms with Gasteiger partial charge < -0.3 is 14.6 Å². The number of amides is 1. The maximum absolute atomic E-state index is 13.4. The molecule has 2 atom stereocenters. The largest absolute Gasteiger partial charge is 0.457 e. The van der Waals surface area contributed by atoms with Gasteiger partial charge in [-0.15, -0.1) is 0 Å². The molecule has 4 aromatic rings. The van der Waals surface area contributed by atoms with Crippen LogP contribution in [0.3, 0.4) is 0 Å². The molecule has 43 heavy (non-hydrogen) atoms. The van der Waals surface area contributed by atoms with Crippen molar-refractivity contribution < 1.29 is 14.3 Å². The number of carbonyl (C=O) groups is 2. The summed E-state index contributed by atoms with van der Waals surface area (Å²) in [5, 5.41) is 2.93. The number of imidazole rings is 1. The van der Waals surface area contributed by atoms with Gasteiger partial charge in [0.15, 0.2) is 0 Å². The van der Waals surface area contributed by atoms with Gasteiger partial charge in [-0.05, 0) is 55.9 Å². The molecule has 0 aliphatic heterocycles. The van der Waals surface area contributed by atoms with Crippen molar-refractivity contribution in [3.63, 3.8) is 0 Å². The Hall–Kier alpha value is -3.60. The molecule has 1 amide bonds. The number of hydrogen-bond acceptors (Lipinski definition) is 6. The molecular formula is C34H38IN5O3. The van der Waals surface area contributed by atoms with E-state index in [0.29, 0.717) is 27.3 Å². The average molecular weight is 692 g/mol. The van der Waals surface area contributed by atoms with E-state index < -0.39 is 11.9 Å². The first-order valence-corrected chi connectivity index (χ1v) is 16.3. The van der Waals surface area contributed by atoms with Crippen LogP contribution in [-0.2, 0) is 11.3 Å². The first-order valence-electron chi connectivity index (χ1n) is 15.1. The Labute approximate surface area is 266 Å². The van der Waals surface area contributed by atoms with Crippen LogP contribution in [-0.4, -0.2) is 35.3 Å². The van der Waals surface area contributed by atoms with Crippen LogP contribution in [0, 0.1) is 0 Å². The Kier molecular flexibility index (Phi) is 10.6. The third kappa shape index (κ3) is 8.49. The van der Waals surface area contributed by atoms with Gasteiger partial charge in [-0.1, -0.05) is 85.7 Å². The number of esters is 1. The number of rotatable bonds is 14. The van der Waals surface area contributed by atoms with Crippen LogP contribution >= 0.6 is 22.6 Å². The number of anilines is 1. The van der Waals surface area contributed by atoms with Crippen molar-refractivity contribution in [3.8, 4) is 5.69 Å². The first-order chi connectivity index (χ1) is 20.9. The van der Waals surface area contributed by atoms with E-state index in [2.05, 4.69) is 57.8 Å². The summed E-state index contributed by atoms with van der Waals surface area (Å²) in [6.45, 7) is 4.57. The van der Waals surface area contributed by atoms with Crippen molar-refractivity contribution in [3.05, 3.63) is 102 Å². The van der Waals surface area contributed by atoms with Crippen molar-refractivity contribution in [2.75, 3.05) is 5.32 Å². The molecule has 9 heteroatoms. The summed E-state index contributed by atoms with van der Waals surface area (Å²) in [7, 11) is 0. The van der Waals surface area contributed by atoms with Gasteiger partial charge in [-0.25, -0.2) is 14.8 Å². The number of halogens is 1. The standard InChI is InChI=1S/C34H38IN5O3/c1-3-4-11-25(15-14-23(2)35)28-12-8-13-32(38-28)39-33(41)29-18-31(40-20-30(37-22-40)26-16-17-26)27(19-36-29)34(42)43-21-24-9-6-5-7-10-24/h5-10,12-13,18-20,22-23,25-26H,3-4,11,14-17,21H2,1-2H3,(H,38,39,41)/t23?,25-/m0/s1. The quantitative estimate of drug-likeness (QED) is 0.0817. The van der Waals surface area contributed by atoms with Gasteiger partial charge in [0.05, 0.1) is 17.7 Å². The van der Waals surface area contributed by atoms with Crippen LogP contribution in [0.4, 0.5) is 5.82 Å². The number of aromatic nitrogens is 4. The molecule has 0 saturated heterocycles. The molecule has 0 bridgehead atoms. The van der Waals surface area contributed by atoms with Gasteiger partial charge in [0.2, 0.25) is 0 Å². The minimum atomic E-state index is -0.520. The summed E-state index contributed by atoms with van der Waals surface area (Å²) < 4.78 is 7.98. The zero-order chi connectivity index (χ0) is 30.2. The summed E-state index contributed by atoms with van der Waals surface area (Å²) in [5.41, 5.74) is 3.78. The highest BCUT2D eigenvalue weighted by atomic mass is 127. The van der Waals surface area contributed by atoms with Crippen molar-refractivity contribution in [2.45, 2.75) is 81.2 Å². The Morgan fingerprint density at radius 1 is 1.07 bits per heavy atom. The minimum Gasteiger partial charge on any atom is -0.457 e. The smallest absolute Gasteiger partial charge is 0.342 e. The molecule has 1 fully saturated rings. The predicted octanol–water partition coefficient (Wildman–Crippen LogP) is 8.03. The second-order valence-electron chi connectivity index (χ2n) is 11.2. The Bertz CT molecular complexity index is 1530. The fraction of sp³-hybridized carbons (Fsp3) is 0.382. The van der Waals surface area contributed by atoms with E-state index in [0.717, 1.165) is 61.9 Å². The van der Waals surface area contributed by atoms with Gasteiger partial charge in [0, 0.05) is 33.8 Å². The lowest BCUT2D eigenvalue weighted by Gasteiger charge is -2.18. The second-order valence-corrected chi connectivity index (χ2v) is 13.4. The molecule has 1 aliphatic carbocycles. The molecule has 3 aromatic heterocycles. The number of unbranched alkanes of at least 4 members (excludes halogenated alkanes) is 1. The van der Waals surface area contributed by atoms with Gasteiger partial charge in [-0.3, -0.25) is 9.78 Å².